The molecule has 1 aromatic carbocycles. The molecule has 0 bridgehead atoms. The first kappa shape index (κ1) is 13.4. The van der Waals surface area contributed by atoms with E-state index in [9.17, 15) is 4.79 Å². The fraction of sp³-hybridized carbons (Fsp3) is 0.462. The fourth-order valence-electron chi connectivity index (χ4n) is 2.21. The predicted octanol–water partition coefficient (Wildman–Crippen LogP) is 2.38. The number of benzene rings is 1. The van der Waals surface area contributed by atoms with Gasteiger partial charge in [-0.1, -0.05) is 22.0 Å². The zero-order valence-corrected chi connectivity index (χ0v) is 11.6. The number of aliphatic carboxylic acids is 1. The molecule has 0 saturated carbocycles. The van der Waals surface area contributed by atoms with E-state index in [0.29, 0.717) is 13.2 Å². The van der Waals surface area contributed by atoms with Gasteiger partial charge in [0.2, 0.25) is 0 Å². The van der Waals surface area contributed by atoms with Gasteiger partial charge in [-0.05, 0) is 37.6 Å². The SMILES string of the molecule is O=C(O)C1CCCN1CCOc1cccc(Br)c1. The first-order valence-corrected chi connectivity index (χ1v) is 6.81. The van der Waals surface area contributed by atoms with Gasteiger partial charge in [0.05, 0.1) is 0 Å². The van der Waals surface area contributed by atoms with Crippen LogP contribution in [0.5, 0.6) is 5.75 Å². The monoisotopic (exact) mass is 313 g/mol. The summed E-state index contributed by atoms with van der Waals surface area (Å²) in [7, 11) is 0. The highest BCUT2D eigenvalue weighted by atomic mass is 79.9. The van der Waals surface area contributed by atoms with Gasteiger partial charge in [0.15, 0.2) is 0 Å². The molecule has 0 radical (unpaired) electrons. The molecule has 1 aliphatic rings. The molecule has 1 fully saturated rings. The van der Waals surface area contributed by atoms with Crippen molar-refractivity contribution < 1.29 is 14.6 Å². The van der Waals surface area contributed by atoms with Crippen LogP contribution in [-0.4, -0.2) is 41.7 Å². The van der Waals surface area contributed by atoms with E-state index in [-0.39, 0.29) is 6.04 Å². The Morgan fingerprint density at radius 2 is 2.39 bits per heavy atom. The van der Waals surface area contributed by atoms with E-state index in [1.165, 1.54) is 0 Å². The molecule has 2 rings (SSSR count). The van der Waals surface area contributed by atoms with Gasteiger partial charge >= 0.3 is 5.97 Å². The Labute approximate surface area is 115 Å². The van der Waals surface area contributed by atoms with Crippen LogP contribution in [0.2, 0.25) is 0 Å². The van der Waals surface area contributed by atoms with Crippen molar-refractivity contribution in [1.29, 1.82) is 0 Å². The van der Waals surface area contributed by atoms with Crippen LogP contribution in [0.1, 0.15) is 12.8 Å². The summed E-state index contributed by atoms with van der Waals surface area (Å²) in [5.74, 6) is 0.0744. The first-order valence-electron chi connectivity index (χ1n) is 6.02. The molecule has 1 unspecified atom stereocenters. The summed E-state index contributed by atoms with van der Waals surface area (Å²) < 4.78 is 6.59. The standard InChI is InChI=1S/C13H16BrNO3/c14-10-3-1-4-11(9-10)18-8-7-15-6-2-5-12(15)13(16)17/h1,3-4,9,12H,2,5-8H2,(H,16,17). The van der Waals surface area contributed by atoms with Crippen LogP contribution in [0, 0.1) is 0 Å². The smallest absolute Gasteiger partial charge is 0.320 e. The Morgan fingerprint density at radius 1 is 1.56 bits per heavy atom. The molecule has 18 heavy (non-hydrogen) atoms. The van der Waals surface area contributed by atoms with E-state index in [1.807, 2.05) is 29.2 Å². The van der Waals surface area contributed by atoms with Crippen LogP contribution >= 0.6 is 15.9 Å². The molecule has 0 amide bonds. The Kier molecular flexibility index (Phi) is 4.60. The van der Waals surface area contributed by atoms with E-state index >= 15 is 0 Å². The van der Waals surface area contributed by atoms with Gasteiger partial charge in [-0.3, -0.25) is 9.69 Å². The topological polar surface area (TPSA) is 49.8 Å². The molecule has 1 N–H and O–H groups in total. The molecular formula is C13H16BrNO3. The number of carbonyl (C=O) groups is 1. The van der Waals surface area contributed by atoms with Crippen LogP contribution in [-0.2, 0) is 4.79 Å². The lowest BCUT2D eigenvalue weighted by atomic mass is 10.2. The van der Waals surface area contributed by atoms with Crippen molar-refractivity contribution in [3.63, 3.8) is 0 Å². The number of halogens is 1. The number of hydrogen-bond acceptors (Lipinski definition) is 3. The summed E-state index contributed by atoms with van der Waals surface area (Å²) in [6, 6.07) is 7.31. The molecule has 1 heterocycles. The number of nitrogens with zero attached hydrogens (tertiary/aromatic N) is 1. The van der Waals surface area contributed by atoms with Gasteiger partial charge in [0, 0.05) is 11.0 Å². The minimum Gasteiger partial charge on any atom is -0.492 e. The van der Waals surface area contributed by atoms with Crippen molar-refractivity contribution in [3.8, 4) is 5.75 Å². The van der Waals surface area contributed by atoms with Gasteiger partial charge in [0.25, 0.3) is 0 Å². The van der Waals surface area contributed by atoms with Crippen molar-refractivity contribution in [2.45, 2.75) is 18.9 Å². The average Bonchev–Trinajstić information content (AvgIpc) is 2.77. The van der Waals surface area contributed by atoms with Gasteiger partial charge in [-0.25, -0.2) is 0 Å². The molecule has 1 atom stereocenters. The van der Waals surface area contributed by atoms with Crippen molar-refractivity contribution >= 4 is 21.9 Å². The number of carboxylic acid groups (broad SMARTS) is 1. The van der Waals surface area contributed by atoms with Crippen molar-refractivity contribution in [2.75, 3.05) is 19.7 Å². The molecule has 1 saturated heterocycles. The van der Waals surface area contributed by atoms with Crippen LogP contribution in [0.4, 0.5) is 0 Å². The van der Waals surface area contributed by atoms with Crippen LogP contribution < -0.4 is 4.74 Å². The van der Waals surface area contributed by atoms with Gasteiger partial charge in [-0.2, -0.15) is 0 Å². The minimum absolute atomic E-state index is 0.337. The number of ether oxygens (including phenoxy) is 1. The summed E-state index contributed by atoms with van der Waals surface area (Å²) >= 11 is 3.38. The van der Waals surface area contributed by atoms with E-state index in [0.717, 1.165) is 29.6 Å². The third kappa shape index (κ3) is 3.46. The lowest BCUT2D eigenvalue weighted by Gasteiger charge is -2.20. The maximum Gasteiger partial charge on any atom is 0.320 e. The lowest BCUT2D eigenvalue weighted by Crippen LogP contribution is -2.38. The van der Waals surface area contributed by atoms with Gasteiger partial charge in [0.1, 0.15) is 18.4 Å². The summed E-state index contributed by atoms with van der Waals surface area (Å²) in [4.78, 5) is 13.0. The van der Waals surface area contributed by atoms with Gasteiger partial charge < -0.3 is 9.84 Å². The Bertz CT molecular complexity index is 424. The lowest BCUT2D eigenvalue weighted by molar-refractivity contribution is -0.142. The number of rotatable bonds is 5. The summed E-state index contributed by atoms with van der Waals surface area (Å²) in [5.41, 5.74) is 0. The second-order valence-corrected chi connectivity index (χ2v) is 5.25. The highest BCUT2D eigenvalue weighted by Gasteiger charge is 2.29. The minimum atomic E-state index is -0.727. The van der Waals surface area contributed by atoms with Crippen LogP contribution in [0.25, 0.3) is 0 Å². The van der Waals surface area contributed by atoms with Crippen molar-refractivity contribution in [1.82, 2.24) is 4.90 Å². The highest BCUT2D eigenvalue weighted by Crippen LogP contribution is 2.19. The van der Waals surface area contributed by atoms with Crippen LogP contribution in [0.15, 0.2) is 28.7 Å². The second-order valence-electron chi connectivity index (χ2n) is 4.34. The third-order valence-electron chi connectivity index (χ3n) is 3.09. The number of carboxylic acids is 1. The fourth-order valence-corrected chi connectivity index (χ4v) is 2.59. The Balaban J connectivity index is 1.80. The second kappa shape index (κ2) is 6.20. The van der Waals surface area contributed by atoms with Crippen molar-refractivity contribution in [3.05, 3.63) is 28.7 Å². The van der Waals surface area contributed by atoms with Gasteiger partial charge in [-0.15, -0.1) is 0 Å². The van der Waals surface area contributed by atoms with E-state index in [4.69, 9.17) is 9.84 Å². The Hall–Kier alpha value is -1.07. The number of likely N-dealkylation sites (tertiary alicyclic amines) is 1. The molecule has 0 aliphatic carbocycles. The predicted molar refractivity (Wildman–Crippen MR) is 71.9 cm³/mol. The zero-order valence-electron chi connectivity index (χ0n) is 10.0. The zero-order chi connectivity index (χ0) is 13.0. The Morgan fingerprint density at radius 3 is 3.11 bits per heavy atom. The number of hydrogen-bond donors (Lipinski definition) is 1. The molecule has 1 aromatic rings. The van der Waals surface area contributed by atoms with E-state index < -0.39 is 5.97 Å². The normalized spacial score (nSPS) is 19.9. The molecule has 4 nitrogen and oxygen atoms in total. The summed E-state index contributed by atoms with van der Waals surface area (Å²) in [5, 5.41) is 9.05. The molecule has 0 aromatic heterocycles. The maximum absolute atomic E-state index is 11.0. The molecule has 5 heteroatoms. The van der Waals surface area contributed by atoms with Crippen LogP contribution in [0.3, 0.4) is 0 Å². The largest absolute Gasteiger partial charge is 0.492 e. The van der Waals surface area contributed by atoms with E-state index in [1.54, 1.807) is 0 Å². The third-order valence-corrected chi connectivity index (χ3v) is 3.59. The van der Waals surface area contributed by atoms with Crippen molar-refractivity contribution in [2.24, 2.45) is 0 Å². The molecule has 0 spiro atoms. The quantitative estimate of drug-likeness (QED) is 0.906. The van der Waals surface area contributed by atoms with E-state index in [2.05, 4.69) is 15.9 Å². The molecular weight excluding hydrogens is 298 g/mol. The average molecular weight is 314 g/mol. The molecule has 98 valence electrons. The first-order chi connectivity index (χ1) is 8.66. The maximum atomic E-state index is 11.0. The molecule has 1 aliphatic heterocycles. The summed E-state index contributed by atoms with van der Waals surface area (Å²) in [6.07, 6.45) is 1.69. The highest BCUT2D eigenvalue weighted by molar-refractivity contribution is 9.10. The summed E-state index contributed by atoms with van der Waals surface area (Å²) in [6.45, 7) is 2.02.